The van der Waals surface area contributed by atoms with Crippen LogP contribution < -0.4 is 4.74 Å². The van der Waals surface area contributed by atoms with Crippen molar-refractivity contribution < 1.29 is 19.1 Å². The van der Waals surface area contributed by atoms with Gasteiger partial charge in [0.1, 0.15) is 17.6 Å². The van der Waals surface area contributed by atoms with Crippen molar-refractivity contribution in [3.63, 3.8) is 0 Å². The molecule has 6 heteroatoms. The van der Waals surface area contributed by atoms with E-state index in [1.54, 1.807) is 18.9 Å². The molecule has 0 aliphatic carbocycles. The predicted molar refractivity (Wildman–Crippen MR) is 85.6 cm³/mol. The van der Waals surface area contributed by atoms with E-state index in [9.17, 15) is 9.90 Å². The molecule has 0 unspecified atom stereocenters. The van der Waals surface area contributed by atoms with Crippen LogP contribution in [0.4, 0.5) is 0 Å². The minimum atomic E-state index is -0.590. The minimum Gasteiger partial charge on any atom is -0.497 e. The van der Waals surface area contributed by atoms with Crippen molar-refractivity contribution >= 4 is 5.91 Å². The molecule has 1 aliphatic rings. The number of ether oxygens (including phenoxy) is 1. The third-order valence-corrected chi connectivity index (χ3v) is 4.28. The second kappa shape index (κ2) is 6.38. The third-order valence-electron chi connectivity index (χ3n) is 4.28. The number of aliphatic hydroxyl groups is 1. The molecule has 0 saturated carbocycles. The Morgan fingerprint density at radius 3 is 2.92 bits per heavy atom. The van der Waals surface area contributed by atoms with Crippen LogP contribution in [0.3, 0.4) is 0 Å². The van der Waals surface area contributed by atoms with Gasteiger partial charge in [-0.25, -0.2) is 0 Å². The average molecular weight is 326 g/mol. The van der Waals surface area contributed by atoms with Crippen LogP contribution in [0.25, 0.3) is 0 Å². The van der Waals surface area contributed by atoms with Gasteiger partial charge in [-0.15, -0.1) is 0 Å². The van der Waals surface area contributed by atoms with Gasteiger partial charge < -0.3 is 19.2 Å². The molecule has 1 aromatic carbocycles. The Labute approximate surface area is 139 Å². The normalized spacial score (nSPS) is 20.0. The summed E-state index contributed by atoms with van der Waals surface area (Å²) in [6, 6.07) is 10.6. The number of carbonyl (C=O) groups is 1. The molecule has 2 aromatic rings. The summed E-state index contributed by atoms with van der Waals surface area (Å²) in [4.78, 5) is 14.5. The maximum Gasteiger partial charge on any atom is 0.258 e. The molecule has 2 heterocycles. The van der Waals surface area contributed by atoms with Gasteiger partial charge in [-0.2, -0.15) is 5.26 Å². The van der Waals surface area contributed by atoms with Crippen LogP contribution in [0.1, 0.15) is 39.9 Å². The highest BCUT2D eigenvalue weighted by Crippen LogP contribution is 2.35. The van der Waals surface area contributed by atoms with Crippen molar-refractivity contribution in [2.45, 2.75) is 25.5 Å². The second-order valence-corrected chi connectivity index (χ2v) is 5.83. The Morgan fingerprint density at radius 2 is 2.25 bits per heavy atom. The van der Waals surface area contributed by atoms with Crippen LogP contribution in [-0.4, -0.2) is 35.7 Å². The van der Waals surface area contributed by atoms with E-state index in [0.29, 0.717) is 23.5 Å². The van der Waals surface area contributed by atoms with Crippen LogP contribution in [0, 0.1) is 18.3 Å². The van der Waals surface area contributed by atoms with E-state index in [1.807, 2.05) is 30.3 Å². The summed E-state index contributed by atoms with van der Waals surface area (Å²) in [5.41, 5.74) is 1.26. The zero-order chi connectivity index (χ0) is 17.3. The number of nitriles is 1. The number of likely N-dealkylation sites (tertiary alicyclic amines) is 1. The van der Waals surface area contributed by atoms with Crippen molar-refractivity contribution in [1.29, 1.82) is 5.26 Å². The number of nitrogens with zero attached hydrogens (tertiary/aromatic N) is 2. The van der Waals surface area contributed by atoms with Crippen molar-refractivity contribution in [2.75, 3.05) is 13.7 Å². The number of hydrogen-bond acceptors (Lipinski definition) is 5. The quantitative estimate of drug-likeness (QED) is 0.936. The molecule has 0 bridgehead atoms. The first-order valence-electron chi connectivity index (χ1n) is 7.67. The van der Waals surface area contributed by atoms with Gasteiger partial charge in [0.15, 0.2) is 0 Å². The van der Waals surface area contributed by atoms with Gasteiger partial charge in [-0.05, 0) is 31.0 Å². The molecular formula is C18H18N2O4. The number of hydrogen-bond donors (Lipinski definition) is 1. The highest BCUT2D eigenvalue weighted by atomic mass is 16.5. The maximum absolute atomic E-state index is 12.9. The van der Waals surface area contributed by atoms with Gasteiger partial charge >= 0.3 is 0 Å². The summed E-state index contributed by atoms with van der Waals surface area (Å²) < 4.78 is 10.5. The standard InChI is InChI=1S/C18H18N2O4/c1-11-16(8-15(9-19)24-11)18(22)20-10-13(21)7-17(20)12-4-3-5-14(6-12)23-2/h3-6,8,13,17,21H,7,10H2,1-2H3/t13-,17+/m1/s1. The number of benzene rings is 1. The van der Waals surface area contributed by atoms with Crippen molar-refractivity contribution in [3.05, 3.63) is 53.0 Å². The lowest BCUT2D eigenvalue weighted by Gasteiger charge is -2.24. The Balaban J connectivity index is 1.94. The fraction of sp³-hybridized carbons (Fsp3) is 0.333. The average Bonchev–Trinajstić information content (AvgIpc) is 3.17. The molecule has 1 aliphatic heterocycles. The largest absolute Gasteiger partial charge is 0.497 e. The SMILES string of the molecule is COc1cccc([C@@H]2C[C@@H](O)CN2C(=O)c2cc(C#N)oc2C)c1. The van der Waals surface area contributed by atoms with Crippen molar-refractivity contribution in [1.82, 2.24) is 4.90 Å². The van der Waals surface area contributed by atoms with E-state index in [1.165, 1.54) is 6.07 Å². The summed E-state index contributed by atoms with van der Waals surface area (Å²) >= 11 is 0. The Bertz CT molecular complexity index is 806. The molecule has 1 aromatic heterocycles. The number of methoxy groups -OCH3 is 1. The summed E-state index contributed by atoms with van der Waals surface area (Å²) in [6.07, 6.45) is -0.131. The zero-order valence-electron chi connectivity index (χ0n) is 13.5. The number of β-amino-alcohol motifs (C(OH)–C–C–N with tert-alkyl or cyclic N) is 1. The van der Waals surface area contributed by atoms with E-state index in [0.717, 1.165) is 5.56 Å². The number of rotatable bonds is 3. The van der Waals surface area contributed by atoms with Gasteiger partial charge in [0.2, 0.25) is 5.76 Å². The summed E-state index contributed by atoms with van der Waals surface area (Å²) in [6.45, 7) is 1.90. The second-order valence-electron chi connectivity index (χ2n) is 5.83. The van der Waals surface area contributed by atoms with E-state index in [-0.39, 0.29) is 24.3 Å². The van der Waals surface area contributed by atoms with Crippen LogP contribution in [-0.2, 0) is 0 Å². The molecule has 3 rings (SSSR count). The number of furan rings is 1. The lowest BCUT2D eigenvalue weighted by molar-refractivity contribution is 0.0714. The molecule has 1 saturated heterocycles. The fourth-order valence-corrected chi connectivity index (χ4v) is 3.11. The van der Waals surface area contributed by atoms with Gasteiger partial charge in [-0.1, -0.05) is 12.1 Å². The van der Waals surface area contributed by atoms with Crippen LogP contribution in [0.2, 0.25) is 0 Å². The topological polar surface area (TPSA) is 86.7 Å². The first-order chi connectivity index (χ1) is 11.5. The van der Waals surface area contributed by atoms with E-state index < -0.39 is 6.10 Å². The van der Waals surface area contributed by atoms with Gasteiger partial charge in [0.05, 0.1) is 24.8 Å². The lowest BCUT2D eigenvalue weighted by Crippen LogP contribution is -2.32. The molecule has 24 heavy (non-hydrogen) atoms. The molecule has 1 fully saturated rings. The minimum absolute atomic E-state index is 0.105. The molecule has 0 radical (unpaired) electrons. The number of amides is 1. The maximum atomic E-state index is 12.9. The van der Waals surface area contributed by atoms with Crippen LogP contribution in [0.5, 0.6) is 5.75 Å². The van der Waals surface area contributed by atoms with Gasteiger partial charge in [0, 0.05) is 12.6 Å². The molecular weight excluding hydrogens is 308 g/mol. The lowest BCUT2D eigenvalue weighted by atomic mass is 10.0. The van der Waals surface area contributed by atoms with Crippen molar-refractivity contribution in [3.8, 4) is 11.8 Å². The summed E-state index contributed by atoms with van der Waals surface area (Å²) in [5.74, 6) is 0.963. The highest BCUT2D eigenvalue weighted by Gasteiger charge is 2.37. The molecule has 0 spiro atoms. The van der Waals surface area contributed by atoms with Gasteiger partial charge in [0.25, 0.3) is 5.91 Å². The van der Waals surface area contributed by atoms with E-state index in [4.69, 9.17) is 14.4 Å². The van der Waals surface area contributed by atoms with Crippen molar-refractivity contribution in [2.24, 2.45) is 0 Å². The summed E-state index contributed by atoms with van der Waals surface area (Å²) in [5, 5.41) is 19.0. The van der Waals surface area contributed by atoms with Crippen LogP contribution >= 0.6 is 0 Å². The number of aliphatic hydroxyl groups excluding tert-OH is 1. The molecule has 1 amide bonds. The van der Waals surface area contributed by atoms with Crippen LogP contribution in [0.15, 0.2) is 34.7 Å². The molecule has 2 atom stereocenters. The predicted octanol–water partition coefficient (Wildman–Crippen LogP) is 2.42. The van der Waals surface area contributed by atoms with E-state index in [2.05, 4.69) is 0 Å². The number of aryl methyl sites for hydroxylation is 1. The molecule has 124 valence electrons. The summed E-state index contributed by atoms with van der Waals surface area (Å²) in [7, 11) is 1.59. The molecule has 1 N–H and O–H groups in total. The Morgan fingerprint density at radius 1 is 1.46 bits per heavy atom. The highest BCUT2D eigenvalue weighted by molar-refractivity contribution is 5.96. The first-order valence-corrected chi connectivity index (χ1v) is 7.67. The first kappa shape index (κ1) is 16.1. The van der Waals surface area contributed by atoms with E-state index >= 15 is 0 Å². The van der Waals surface area contributed by atoms with Gasteiger partial charge in [-0.3, -0.25) is 4.79 Å². The Kier molecular flexibility index (Phi) is 4.28. The monoisotopic (exact) mass is 326 g/mol. The third kappa shape index (κ3) is 2.86. The smallest absolute Gasteiger partial charge is 0.258 e. The number of carbonyl (C=O) groups excluding carboxylic acids is 1. The Hall–Kier alpha value is -2.78. The molecule has 6 nitrogen and oxygen atoms in total. The fourth-order valence-electron chi connectivity index (χ4n) is 3.11. The zero-order valence-corrected chi connectivity index (χ0v) is 13.5.